The summed E-state index contributed by atoms with van der Waals surface area (Å²) in [5.74, 6) is 0.532. The van der Waals surface area contributed by atoms with Crippen LogP contribution in [-0.4, -0.2) is 35.6 Å². The molecule has 1 aliphatic heterocycles. The number of aliphatic hydroxyl groups is 1. The second-order valence-electron chi connectivity index (χ2n) is 5.35. The van der Waals surface area contributed by atoms with Crippen molar-refractivity contribution in [1.82, 2.24) is 4.90 Å². The van der Waals surface area contributed by atoms with E-state index in [-0.39, 0.29) is 23.8 Å². The Morgan fingerprint density at radius 3 is 2.44 bits per heavy atom. The Hall–Kier alpha value is -0.870. The van der Waals surface area contributed by atoms with Gasteiger partial charge in [0.15, 0.2) is 0 Å². The third-order valence-corrected chi connectivity index (χ3v) is 4.59. The summed E-state index contributed by atoms with van der Waals surface area (Å²) < 4.78 is 1.04. The molecule has 1 aromatic carbocycles. The van der Waals surface area contributed by atoms with Gasteiger partial charge in [-0.2, -0.15) is 0 Å². The molecule has 0 aromatic heterocycles. The van der Waals surface area contributed by atoms with E-state index in [9.17, 15) is 4.79 Å². The molecule has 0 unspecified atom stereocenters. The third-order valence-electron chi connectivity index (χ3n) is 4.06. The molecule has 1 N–H and O–H groups in total. The van der Waals surface area contributed by atoms with E-state index in [2.05, 4.69) is 15.9 Å². The van der Waals surface area contributed by atoms with Crippen LogP contribution in [0.3, 0.4) is 0 Å². The van der Waals surface area contributed by atoms with E-state index >= 15 is 0 Å². The largest absolute Gasteiger partial charge is 0.396 e. The second kappa shape index (κ2) is 4.35. The predicted octanol–water partition coefficient (Wildman–Crippen LogP) is 1.93. The molecular formula is C14H16BrNO2. The normalized spacial score (nSPS) is 21.6. The van der Waals surface area contributed by atoms with Gasteiger partial charge in [0.2, 0.25) is 5.91 Å². The van der Waals surface area contributed by atoms with Crippen molar-refractivity contribution in [3.05, 3.63) is 34.3 Å². The number of hydrogen-bond acceptors (Lipinski definition) is 2. The van der Waals surface area contributed by atoms with Crippen LogP contribution in [0.25, 0.3) is 0 Å². The van der Waals surface area contributed by atoms with Crippen molar-refractivity contribution >= 4 is 21.8 Å². The number of amides is 1. The lowest BCUT2D eigenvalue weighted by Gasteiger charge is -2.40. The van der Waals surface area contributed by atoms with Gasteiger partial charge in [0.05, 0.1) is 5.41 Å². The highest BCUT2D eigenvalue weighted by atomic mass is 79.9. The van der Waals surface area contributed by atoms with Crippen molar-refractivity contribution in [3.63, 3.8) is 0 Å². The minimum atomic E-state index is -0.263. The van der Waals surface area contributed by atoms with Crippen LogP contribution >= 0.6 is 15.9 Å². The molecule has 0 bridgehead atoms. The van der Waals surface area contributed by atoms with Gasteiger partial charge in [-0.25, -0.2) is 0 Å². The summed E-state index contributed by atoms with van der Waals surface area (Å²) in [6.45, 7) is 1.62. The van der Waals surface area contributed by atoms with E-state index in [0.29, 0.717) is 13.1 Å². The molecule has 4 heteroatoms. The number of benzene rings is 1. The minimum Gasteiger partial charge on any atom is -0.396 e. The van der Waals surface area contributed by atoms with Crippen LogP contribution in [-0.2, 0) is 10.2 Å². The lowest BCUT2D eigenvalue weighted by Crippen LogP contribution is -2.54. The van der Waals surface area contributed by atoms with E-state index in [1.54, 1.807) is 0 Å². The third kappa shape index (κ3) is 1.88. The Bertz CT molecular complexity index is 461. The number of carbonyl (C=O) groups is 1. The van der Waals surface area contributed by atoms with Crippen molar-refractivity contribution in [3.8, 4) is 0 Å². The quantitative estimate of drug-likeness (QED) is 0.927. The van der Waals surface area contributed by atoms with E-state index in [4.69, 9.17) is 5.11 Å². The molecule has 3 rings (SSSR count). The first kappa shape index (κ1) is 12.2. The van der Waals surface area contributed by atoms with Gasteiger partial charge >= 0.3 is 0 Å². The van der Waals surface area contributed by atoms with E-state index in [1.807, 2.05) is 29.2 Å². The summed E-state index contributed by atoms with van der Waals surface area (Å²) >= 11 is 3.42. The molecule has 96 valence electrons. The van der Waals surface area contributed by atoms with E-state index in [0.717, 1.165) is 22.9 Å². The smallest absolute Gasteiger partial charge is 0.233 e. The van der Waals surface area contributed by atoms with Crippen LogP contribution in [0.5, 0.6) is 0 Å². The van der Waals surface area contributed by atoms with Crippen LogP contribution in [0.2, 0.25) is 0 Å². The maximum atomic E-state index is 12.5. The molecule has 1 saturated carbocycles. The lowest BCUT2D eigenvalue weighted by atomic mass is 9.91. The van der Waals surface area contributed by atoms with Crippen LogP contribution in [0, 0.1) is 5.92 Å². The Labute approximate surface area is 115 Å². The number of hydrogen-bond donors (Lipinski definition) is 1. The molecule has 1 heterocycles. The lowest BCUT2D eigenvalue weighted by molar-refractivity contribution is -0.141. The zero-order valence-corrected chi connectivity index (χ0v) is 11.7. The van der Waals surface area contributed by atoms with Gasteiger partial charge in [-0.05, 0) is 30.5 Å². The molecule has 0 spiro atoms. The zero-order valence-electron chi connectivity index (χ0n) is 10.1. The first-order valence-corrected chi connectivity index (χ1v) is 7.11. The molecule has 2 aliphatic rings. The summed E-state index contributed by atoms with van der Waals surface area (Å²) in [6, 6.07) is 8.07. The number of rotatable bonds is 3. The zero-order chi connectivity index (χ0) is 12.8. The highest BCUT2D eigenvalue weighted by molar-refractivity contribution is 9.10. The Kier molecular flexibility index (Phi) is 2.94. The number of carbonyl (C=O) groups excluding carboxylic acids is 1. The van der Waals surface area contributed by atoms with Crippen molar-refractivity contribution in [2.45, 2.75) is 18.3 Å². The Morgan fingerprint density at radius 2 is 1.94 bits per heavy atom. The summed E-state index contributed by atoms with van der Waals surface area (Å²) in [7, 11) is 0. The minimum absolute atomic E-state index is 0.190. The van der Waals surface area contributed by atoms with Crippen LogP contribution in [0.1, 0.15) is 18.4 Å². The molecule has 2 fully saturated rings. The van der Waals surface area contributed by atoms with Gasteiger partial charge in [0.1, 0.15) is 0 Å². The van der Waals surface area contributed by atoms with E-state index in [1.165, 1.54) is 0 Å². The topological polar surface area (TPSA) is 40.5 Å². The monoisotopic (exact) mass is 309 g/mol. The summed E-state index contributed by atoms with van der Waals surface area (Å²) in [5, 5.41) is 9.01. The molecule has 0 radical (unpaired) electrons. The predicted molar refractivity (Wildman–Crippen MR) is 72.2 cm³/mol. The maximum absolute atomic E-state index is 12.5. The fraction of sp³-hybridized carbons (Fsp3) is 0.500. The average molecular weight is 310 g/mol. The summed E-state index contributed by atoms with van der Waals surface area (Å²) in [4.78, 5) is 14.4. The van der Waals surface area contributed by atoms with Gasteiger partial charge in [0.25, 0.3) is 0 Å². The number of halogens is 1. The Morgan fingerprint density at radius 1 is 1.33 bits per heavy atom. The first-order valence-electron chi connectivity index (χ1n) is 6.32. The molecule has 0 atom stereocenters. The summed E-state index contributed by atoms with van der Waals surface area (Å²) in [5.41, 5.74) is 0.865. The standard InChI is InChI=1S/C14H16BrNO2/c15-12-3-1-11(2-4-12)14(5-6-14)13(18)16-7-10(8-16)9-17/h1-4,10,17H,5-9H2. The van der Waals surface area contributed by atoms with Crippen LogP contribution in [0.15, 0.2) is 28.7 Å². The Balaban J connectivity index is 1.75. The fourth-order valence-corrected chi connectivity index (χ4v) is 2.94. The van der Waals surface area contributed by atoms with Gasteiger partial charge in [-0.3, -0.25) is 4.79 Å². The average Bonchev–Trinajstić information content (AvgIpc) is 3.10. The van der Waals surface area contributed by atoms with Crippen molar-refractivity contribution in [2.75, 3.05) is 19.7 Å². The van der Waals surface area contributed by atoms with E-state index < -0.39 is 0 Å². The van der Waals surface area contributed by atoms with Crippen molar-refractivity contribution < 1.29 is 9.90 Å². The molecule has 1 amide bonds. The highest BCUT2D eigenvalue weighted by Gasteiger charge is 2.54. The number of aliphatic hydroxyl groups excluding tert-OH is 1. The number of nitrogens with zero attached hydrogens (tertiary/aromatic N) is 1. The molecule has 18 heavy (non-hydrogen) atoms. The maximum Gasteiger partial charge on any atom is 0.233 e. The highest BCUT2D eigenvalue weighted by Crippen LogP contribution is 2.50. The molecule has 3 nitrogen and oxygen atoms in total. The first-order chi connectivity index (χ1) is 8.65. The van der Waals surface area contributed by atoms with Crippen LogP contribution < -0.4 is 0 Å². The SMILES string of the molecule is O=C(N1CC(CO)C1)C1(c2ccc(Br)cc2)CC1. The summed E-state index contributed by atoms with van der Waals surface area (Å²) in [6.07, 6.45) is 1.90. The van der Waals surface area contributed by atoms with Crippen molar-refractivity contribution in [1.29, 1.82) is 0 Å². The molecule has 1 aromatic rings. The van der Waals surface area contributed by atoms with Gasteiger partial charge in [-0.1, -0.05) is 28.1 Å². The number of likely N-dealkylation sites (tertiary alicyclic amines) is 1. The van der Waals surface area contributed by atoms with Gasteiger partial charge in [-0.15, -0.1) is 0 Å². The van der Waals surface area contributed by atoms with Gasteiger partial charge < -0.3 is 10.0 Å². The second-order valence-corrected chi connectivity index (χ2v) is 6.26. The van der Waals surface area contributed by atoms with Gasteiger partial charge in [0, 0.05) is 30.1 Å². The van der Waals surface area contributed by atoms with Crippen LogP contribution in [0.4, 0.5) is 0 Å². The molecule has 1 saturated heterocycles. The van der Waals surface area contributed by atoms with Crippen molar-refractivity contribution in [2.24, 2.45) is 5.92 Å². The molecular weight excluding hydrogens is 294 g/mol. The fourth-order valence-electron chi connectivity index (χ4n) is 2.67. The molecule has 1 aliphatic carbocycles.